The minimum absolute atomic E-state index is 0.105. The summed E-state index contributed by atoms with van der Waals surface area (Å²) in [6, 6.07) is 11.8. The lowest BCUT2D eigenvalue weighted by Crippen LogP contribution is -2.59. The molecule has 1 N–H and O–H groups in total. The van der Waals surface area contributed by atoms with Crippen LogP contribution in [0.2, 0.25) is 0 Å². The molecule has 1 heterocycles. The number of nitrogens with one attached hydrogen (secondary N) is 1. The van der Waals surface area contributed by atoms with Gasteiger partial charge in [0.15, 0.2) is 0 Å². The Labute approximate surface area is 181 Å². The Morgan fingerprint density at radius 2 is 1.77 bits per heavy atom. The number of hydrogen-bond donors (Lipinski definition) is 1. The number of sulfonamides is 1. The van der Waals surface area contributed by atoms with Gasteiger partial charge in [0.1, 0.15) is 0 Å². The molecule has 0 aromatic heterocycles. The summed E-state index contributed by atoms with van der Waals surface area (Å²) in [4.78, 5) is 24.7. The third kappa shape index (κ3) is 5.09. The average molecular weight is 447 g/mol. The molecule has 3 rings (SSSR count). The highest BCUT2D eigenvalue weighted by Crippen LogP contribution is 2.27. The minimum Gasteiger partial charge on any atom is -0.325 e. The summed E-state index contributed by atoms with van der Waals surface area (Å²) in [7, 11) is -3.92. The van der Waals surface area contributed by atoms with Gasteiger partial charge in [-0.1, -0.05) is 24.3 Å². The Morgan fingerprint density at radius 3 is 2.39 bits per heavy atom. The molecular formula is C21H26N4O5S. The van der Waals surface area contributed by atoms with Crippen molar-refractivity contribution in [1.29, 1.82) is 0 Å². The van der Waals surface area contributed by atoms with E-state index in [-0.39, 0.29) is 23.0 Å². The Balaban J connectivity index is 1.71. The van der Waals surface area contributed by atoms with Gasteiger partial charge in [-0.05, 0) is 38.5 Å². The van der Waals surface area contributed by atoms with Gasteiger partial charge in [0.05, 0.1) is 16.4 Å². The number of hydrogen-bond acceptors (Lipinski definition) is 6. The van der Waals surface area contributed by atoms with Gasteiger partial charge in [-0.2, -0.15) is 4.31 Å². The van der Waals surface area contributed by atoms with E-state index in [0.29, 0.717) is 13.1 Å². The molecule has 1 saturated heterocycles. The van der Waals surface area contributed by atoms with Crippen LogP contribution in [-0.2, 0) is 14.8 Å². The Kier molecular flexibility index (Phi) is 6.73. The van der Waals surface area contributed by atoms with Crippen molar-refractivity contribution < 1.29 is 18.1 Å². The first-order valence-electron chi connectivity index (χ1n) is 9.95. The quantitative estimate of drug-likeness (QED) is 0.539. The third-order valence-electron chi connectivity index (χ3n) is 5.30. The van der Waals surface area contributed by atoms with Crippen LogP contribution < -0.4 is 5.32 Å². The fourth-order valence-corrected chi connectivity index (χ4v) is 5.85. The SMILES string of the molecule is Cc1ccccc1NC(=O)CN1C[C@@H](C)N(S(=O)(=O)c2cccc([N+](=O)[O-])c2)[C@@H](C)C1. The monoisotopic (exact) mass is 446 g/mol. The van der Waals surface area contributed by atoms with E-state index in [1.165, 1.54) is 22.5 Å². The number of amides is 1. The van der Waals surface area contributed by atoms with Crippen molar-refractivity contribution in [3.05, 3.63) is 64.2 Å². The summed E-state index contributed by atoms with van der Waals surface area (Å²) >= 11 is 0. The van der Waals surface area contributed by atoms with Gasteiger partial charge >= 0.3 is 0 Å². The molecule has 166 valence electrons. The number of carbonyl (C=O) groups is 1. The van der Waals surface area contributed by atoms with Gasteiger partial charge in [0.2, 0.25) is 15.9 Å². The summed E-state index contributed by atoms with van der Waals surface area (Å²) in [5.74, 6) is -0.163. The van der Waals surface area contributed by atoms with Gasteiger partial charge < -0.3 is 5.32 Å². The second-order valence-corrected chi connectivity index (χ2v) is 9.69. The smallest absolute Gasteiger partial charge is 0.270 e. The number of anilines is 1. The van der Waals surface area contributed by atoms with Crippen molar-refractivity contribution in [2.45, 2.75) is 37.8 Å². The molecule has 2 aromatic rings. The first-order chi connectivity index (χ1) is 14.6. The highest BCUT2D eigenvalue weighted by Gasteiger charge is 2.39. The fraction of sp³-hybridized carbons (Fsp3) is 0.381. The average Bonchev–Trinajstić information content (AvgIpc) is 2.69. The van der Waals surface area contributed by atoms with Crippen LogP contribution in [0.3, 0.4) is 0 Å². The number of nitrogens with zero attached hydrogens (tertiary/aromatic N) is 3. The summed E-state index contributed by atoms with van der Waals surface area (Å²) in [5, 5.41) is 13.9. The van der Waals surface area contributed by atoms with Crippen molar-refractivity contribution in [1.82, 2.24) is 9.21 Å². The molecule has 31 heavy (non-hydrogen) atoms. The molecule has 1 amide bonds. The lowest BCUT2D eigenvalue weighted by atomic mass is 10.1. The second-order valence-electron chi connectivity index (χ2n) is 7.84. The van der Waals surface area contributed by atoms with Crippen LogP contribution in [-0.4, -0.2) is 60.2 Å². The first kappa shape index (κ1) is 22.9. The third-order valence-corrected chi connectivity index (χ3v) is 7.43. The molecule has 1 aliphatic rings. The maximum absolute atomic E-state index is 13.2. The number of rotatable bonds is 6. The molecule has 1 aliphatic heterocycles. The van der Waals surface area contributed by atoms with Crippen LogP contribution in [0, 0.1) is 17.0 Å². The van der Waals surface area contributed by atoms with Crippen LogP contribution in [0.25, 0.3) is 0 Å². The van der Waals surface area contributed by atoms with Gasteiger partial charge in [0.25, 0.3) is 5.69 Å². The van der Waals surface area contributed by atoms with Gasteiger partial charge in [-0.3, -0.25) is 19.8 Å². The standard InChI is InChI=1S/C21H26N4O5S/c1-15-7-4-5-10-20(15)22-21(26)14-23-12-16(2)24(17(3)13-23)31(29,30)19-9-6-8-18(11-19)25(27)28/h4-11,16-17H,12-14H2,1-3H3,(H,22,26)/t16-,17+. The molecule has 0 saturated carbocycles. The Bertz CT molecular complexity index is 1080. The maximum atomic E-state index is 13.2. The zero-order valence-electron chi connectivity index (χ0n) is 17.7. The molecule has 1 fully saturated rings. The fourth-order valence-electron chi connectivity index (χ4n) is 4.01. The summed E-state index contributed by atoms with van der Waals surface area (Å²) in [6.07, 6.45) is 0. The Morgan fingerprint density at radius 1 is 1.13 bits per heavy atom. The van der Waals surface area contributed by atoms with E-state index in [1.807, 2.05) is 36.1 Å². The van der Waals surface area contributed by atoms with E-state index in [0.717, 1.165) is 17.3 Å². The van der Waals surface area contributed by atoms with Crippen LogP contribution in [0.1, 0.15) is 19.4 Å². The summed E-state index contributed by atoms with van der Waals surface area (Å²) < 4.78 is 27.8. The molecule has 2 aromatic carbocycles. The summed E-state index contributed by atoms with van der Waals surface area (Å²) in [6.45, 7) is 6.36. The normalized spacial score (nSPS) is 20.4. The number of benzene rings is 2. The van der Waals surface area contributed by atoms with Crippen LogP contribution in [0.15, 0.2) is 53.4 Å². The molecule has 0 aliphatic carbocycles. The highest BCUT2D eigenvalue weighted by atomic mass is 32.2. The maximum Gasteiger partial charge on any atom is 0.270 e. The second kappa shape index (κ2) is 9.13. The predicted octanol–water partition coefficient (Wildman–Crippen LogP) is 2.63. The number of carbonyl (C=O) groups excluding carboxylic acids is 1. The molecule has 9 nitrogen and oxygen atoms in total. The van der Waals surface area contributed by atoms with E-state index < -0.39 is 27.0 Å². The van der Waals surface area contributed by atoms with Gasteiger partial charge in [0, 0.05) is 43.0 Å². The molecule has 0 radical (unpaired) electrons. The van der Waals surface area contributed by atoms with Crippen LogP contribution in [0.4, 0.5) is 11.4 Å². The van der Waals surface area contributed by atoms with Crippen molar-refractivity contribution in [2.75, 3.05) is 25.0 Å². The van der Waals surface area contributed by atoms with E-state index in [9.17, 15) is 23.3 Å². The lowest BCUT2D eigenvalue weighted by Gasteiger charge is -2.43. The van der Waals surface area contributed by atoms with E-state index in [1.54, 1.807) is 13.8 Å². The lowest BCUT2D eigenvalue weighted by molar-refractivity contribution is -0.385. The van der Waals surface area contributed by atoms with E-state index >= 15 is 0 Å². The number of para-hydroxylation sites is 1. The minimum atomic E-state index is -3.92. The molecular weight excluding hydrogens is 420 g/mol. The first-order valence-corrected chi connectivity index (χ1v) is 11.4. The Hall–Kier alpha value is -2.82. The van der Waals surface area contributed by atoms with Crippen molar-refractivity contribution >= 4 is 27.3 Å². The number of aryl methyl sites for hydroxylation is 1. The molecule has 0 spiro atoms. The number of nitro benzene ring substituents is 1. The molecule has 0 unspecified atom stereocenters. The van der Waals surface area contributed by atoms with E-state index in [2.05, 4.69) is 5.32 Å². The largest absolute Gasteiger partial charge is 0.325 e. The molecule has 2 atom stereocenters. The zero-order valence-corrected chi connectivity index (χ0v) is 18.5. The molecule has 0 bridgehead atoms. The predicted molar refractivity (Wildman–Crippen MR) is 117 cm³/mol. The van der Waals surface area contributed by atoms with Crippen molar-refractivity contribution in [3.63, 3.8) is 0 Å². The summed E-state index contributed by atoms with van der Waals surface area (Å²) in [5.41, 5.74) is 1.44. The molecule has 10 heteroatoms. The van der Waals surface area contributed by atoms with Crippen molar-refractivity contribution in [3.8, 4) is 0 Å². The number of piperazine rings is 1. The van der Waals surface area contributed by atoms with Crippen LogP contribution in [0.5, 0.6) is 0 Å². The topological polar surface area (TPSA) is 113 Å². The van der Waals surface area contributed by atoms with Gasteiger partial charge in [-0.15, -0.1) is 0 Å². The van der Waals surface area contributed by atoms with E-state index in [4.69, 9.17) is 0 Å². The number of nitro groups is 1. The number of non-ortho nitro benzene ring substituents is 1. The van der Waals surface area contributed by atoms with Crippen LogP contribution >= 0.6 is 0 Å². The highest BCUT2D eigenvalue weighted by molar-refractivity contribution is 7.89. The van der Waals surface area contributed by atoms with Crippen molar-refractivity contribution in [2.24, 2.45) is 0 Å². The zero-order chi connectivity index (χ0) is 22.8. The van der Waals surface area contributed by atoms with Gasteiger partial charge in [-0.25, -0.2) is 8.42 Å².